The number of rotatable bonds is 8. The Morgan fingerprint density at radius 1 is 0.933 bits per heavy atom. The molecular formula is C23H32O7. The largest absolute Gasteiger partial charge is 0.508 e. The summed E-state index contributed by atoms with van der Waals surface area (Å²) < 4.78 is 5.18. The van der Waals surface area contributed by atoms with Gasteiger partial charge in [-0.05, 0) is 28.7 Å². The van der Waals surface area contributed by atoms with Crippen LogP contribution in [-0.4, -0.2) is 62.8 Å². The zero-order valence-corrected chi connectivity index (χ0v) is 17.5. The molecule has 0 aliphatic carbocycles. The first kappa shape index (κ1) is 25.7. The first-order valence-electron chi connectivity index (χ1n) is 9.65. The third-order valence-corrected chi connectivity index (χ3v) is 4.42. The topological polar surface area (TPSA) is 127 Å². The van der Waals surface area contributed by atoms with E-state index < -0.39 is 31.0 Å². The van der Waals surface area contributed by atoms with Crippen LogP contribution in [0.15, 0.2) is 54.6 Å². The maximum Gasteiger partial charge on any atom is 0.151 e. The van der Waals surface area contributed by atoms with Crippen molar-refractivity contribution < 1.29 is 35.1 Å². The molecule has 0 fully saturated rings. The van der Waals surface area contributed by atoms with Crippen LogP contribution in [0.1, 0.15) is 31.9 Å². The molecule has 0 aliphatic rings. The molecule has 166 valence electrons. The Balaban J connectivity index is 0.000000346. The Hall–Kier alpha value is -2.29. The SMILES string of the molecule is CC(C)(C)c1ccc(O)cc1.O=CC(OCc1ccccc1)C(O)C(O)C(O)CO. The highest BCUT2D eigenvalue weighted by Crippen LogP contribution is 2.23. The zero-order valence-electron chi connectivity index (χ0n) is 17.5. The number of aldehydes is 1. The summed E-state index contributed by atoms with van der Waals surface area (Å²) in [5.74, 6) is 0.331. The number of hydrogen-bond donors (Lipinski definition) is 5. The van der Waals surface area contributed by atoms with Crippen molar-refractivity contribution in [2.75, 3.05) is 6.61 Å². The van der Waals surface area contributed by atoms with Gasteiger partial charge in [-0.3, -0.25) is 0 Å². The van der Waals surface area contributed by atoms with E-state index in [1.54, 1.807) is 36.4 Å². The average Bonchev–Trinajstić information content (AvgIpc) is 2.73. The fraction of sp³-hybridized carbons (Fsp3) is 0.435. The maximum absolute atomic E-state index is 10.8. The second-order valence-corrected chi connectivity index (χ2v) is 7.93. The highest BCUT2D eigenvalue weighted by molar-refractivity contribution is 5.57. The van der Waals surface area contributed by atoms with Crippen LogP contribution in [0.4, 0.5) is 0 Å². The van der Waals surface area contributed by atoms with E-state index in [-0.39, 0.29) is 12.0 Å². The van der Waals surface area contributed by atoms with E-state index in [2.05, 4.69) is 20.8 Å². The van der Waals surface area contributed by atoms with E-state index in [1.165, 1.54) is 5.56 Å². The van der Waals surface area contributed by atoms with Crippen molar-refractivity contribution >= 4 is 6.29 Å². The van der Waals surface area contributed by atoms with Crippen LogP contribution in [0, 0.1) is 0 Å². The summed E-state index contributed by atoms with van der Waals surface area (Å²) in [5.41, 5.74) is 2.22. The lowest BCUT2D eigenvalue weighted by molar-refractivity contribution is -0.147. The molecule has 0 amide bonds. The molecule has 2 aromatic carbocycles. The van der Waals surface area contributed by atoms with Crippen molar-refractivity contribution in [3.63, 3.8) is 0 Å². The van der Waals surface area contributed by atoms with Crippen molar-refractivity contribution in [1.29, 1.82) is 0 Å². The number of carbonyl (C=O) groups is 1. The quantitative estimate of drug-likeness (QED) is 0.410. The normalized spacial score (nSPS) is 15.3. The van der Waals surface area contributed by atoms with Gasteiger partial charge in [0.05, 0.1) is 13.2 Å². The van der Waals surface area contributed by atoms with Gasteiger partial charge in [-0.25, -0.2) is 0 Å². The number of aliphatic hydroxyl groups is 4. The second kappa shape index (κ2) is 12.4. The van der Waals surface area contributed by atoms with E-state index >= 15 is 0 Å². The second-order valence-electron chi connectivity index (χ2n) is 7.93. The fourth-order valence-electron chi connectivity index (χ4n) is 2.48. The Bertz CT molecular complexity index is 725. The first-order valence-corrected chi connectivity index (χ1v) is 9.65. The van der Waals surface area contributed by atoms with Crippen molar-refractivity contribution in [1.82, 2.24) is 0 Å². The average molecular weight is 421 g/mol. The molecule has 4 unspecified atom stereocenters. The third kappa shape index (κ3) is 8.61. The van der Waals surface area contributed by atoms with Gasteiger partial charge < -0.3 is 35.1 Å². The van der Waals surface area contributed by atoms with Gasteiger partial charge in [0.25, 0.3) is 0 Å². The van der Waals surface area contributed by atoms with Gasteiger partial charge in [-0.15, -0.1) is 0 Å². The fourth-order valence-corrected chi connectivity index (χ4v) is 2.48. The van der Waals surface area contributed by atoms with E-state index in [0.717, 1.165) is 5.56 Å². The summed E-state index contributed by atoms with van der Waals surface area (Å²) in [6.45, 7) is 5.82. The minimum absolute atomic E-state index is 0.0866. The van der Waals surface area contributed by atoms with Crippen LogP contribution in [0.2, 0.25) is 0 Å². The summed E-state index contributed by atoms with van der Waals surface area (Å²) in [4.78, 5) is 10.8. The number of benzene rings is 2. The molecule has 4 atom stereocenters. The zero-order chi connectivity index (χ0) is 22.7. The highest BCUT2D eigenvalue weighted by Gasteiger charge is 2.31. The van der Waals surface area contributed by atoms with Crippen LogP contribution in [-0.2, 0) is 21.6 Å². The van der Waals surface area contributed by atoms with Crippen molar-refractivity contribution in [2.45, 2.75) is 57.2 Å². The number of aliphatic hydroxyl groups excluding tert-OH is 4. The molecule has 5 N–H and O–H groups in total. The molecule has 2 aromatic rings. The molecule has 0 radical (unpaired) electrons. The number of carbonyl (C=O) groups excluding carboxylic acids is 1. The van der Waals surface area contributed by atoms with Crippen molar-refractivity contribution in [3.8, 4) is 5.75 Å². The van der Waals surface area contributed by atoms with Crippen LogP contribution in [0.25, 0.3) is 0 Å². The molecule has 0 heterocycles. The Morgan fingerprint density at radius 2 is 1.50 bits per heavy atom. The molecule has 0 aromatic heterocycles. The lowest BCUT2D eigenvalue weighted by atomic mass is 9.87. The van der Waals surface area contributed by atoms with Gasteiger partial charge in [-0.2, -0.15) is 0 Å². The van der Waals surface area contributed by atoms with E-state index in [9.17, 15) is 20.1 Å². The van der Waals surface area contributed by atoms with Crippen LogP contribution in [0.3, 0.4) is 0 Å². The van der Waals surface area contributed by atoms with E-state index in [1.807, 2.05) is 18.2 Å². The summed E-state index contributed by atoms with van der Waals surface area (Å²) in [5, 5.41) is 46.0. The van der Waals surface area contributed by atoms with Gasteiger partial charge in [0.1, 0.15) is 30.2 Å². The summed E-state index contributed by atoms with van der Waals surface area (Å²) in [6.07, 6.45) is -5.73. The Labute approximate surface area is 177 Å². The smallest absolute Gasteiger partial charge is 0.151 e. The molecular weight excluding hydrogens is 388 g/mol. The minimum atomic E-state index is -1.66. The minimum Gasteiger partial charge on any atom is -0.508 e. The maximum atomic E-state index is 10.8. The molecule has 0 saturated heterocycles. The number of phenols is 1. The summed E-state index contributed by atoms with van der Waals surface area (Å²) in [7, 11) is 0. The van der Waals surface area contributed by atoms with Crippen LogP contribution < -0.4 is 0 Å². The van der Waals surface area contributed by atoms with Crippen LogP contribution in [0.5, 0.6) is 5.75 Å². The van der Waals surface area contributed by atoms with Gasteiger partial charge in [0.15, 0.2) is 6.29 Å². The van der Waals surface area contributed by atoms with Gasteiger partial charge in [0, 0.05) is 0 Å². The molecule has 7 heteroatoms. The Morgan fingerprint density at radius 3 is 1.97 bits per heavy atom. The van der Waals surface area contributed by atoms with E-state index in [0.29, 0.717) is 12.0 Å². The number of aromatic hydroxyl groups is 1. The number of phenolic OH excluding ortho intramolecular Hbond substituents is 1. The van der Waals surface area contributed by atoms with Gasteiger partial charge >= 0.3 is 0 Å². The molecule has 30 heavy (non-hydrogen) atoms. The summed E-state index contributed by atoms with van der Waals surface area (Å²) in [6, 6.07) is 16.4. The first-order chi connectivity index (χ1) is 14.1. The van der Waals surface area contributed by atoms with Crippen LogP contribution >= 0.6 is 0 Å². The molecule has 2 rings (SSSR count). The monoisotopic (exact) mass is 420 g/mol. The van der Waals surface area contributed by atoms with Crippen molar-refractivity contribution in [3.05, 3.63) is 65.7 Å². The number of ether oxygens (including phenoxy) is 1. The molecule has 7 nitrogen and oxygen atoms in total. The highest BCUT2D eigenvalue weighted by atomic mass is 16.5. The standard InChI is InChI=1S/C13H18O6.C10H14O/c14-6-10(16)12(17)13(18)11(7-15)19-8-9-4-2-1-3-5-9;1-10(2,3)8-4-6-9(11)7-5-8/h1-5,7,10-14,16-18H,6,8H2;4-7,11H,1-3H3. The van der Waals surface area contributed by atoms with Gasteiger partial charge in [0.2, 0.25) is 0 Å². The summed E-state index contributed by atoms with van der Waals surface area (Å²) >= 11 is 0. The molecule has 0 bridgehead atoms. The van der Waals surface area contributed by atoms with Gasteiger partial charge in [-0.1, -0.05) is 63.2 Å². The lowest BCUT2D eigenvalue weighted by Crippen LogP contribution is -2.47. The third-order valence-electron chi connectivity index (χ3n) is 4.42. The lowest BCUT2D eigenvalue weighted by Gasteiger charge is -2.25. The molecule has 0 spiro atoms. The van der Waals surface area contributed by atoms with E-state index in [4.69, 9.17) is 14.9 Å². The number of hydrogen-bond acceptors (Lipinski definition) is 7. The Kier molecular flexibility index (Phi) is 10.7. The predicted molar refractivity (Wildman–Crippen MR) is 113 cm³/mol. The molecule has 0 saturated carbocycles. The predicted octanol–water partition coefficient (Wildman–Crippen LogP) is 1.54. The molecule has 0 aliphatic heterocycles. The van der Waals surface area contributed by atoms with Crippen molar-refractivity contribution in [2.24, 2.45) is 0 Å².